The lowest BCUT2D eigenvalue weighted by molar-refractivity contribution is 0.247. The van der Waals surface area contributed by atoms with Gasteiger partial charge < -0.3 is 10.6 Å². The van der Waals surface area contributed by atoms with Gasteiger partial charge in [-0.3, -0.25) is 0 Å². The van der Waals surface area contributed by atoms with E-state index in [1.807, 2.05) is 25.1 Å². The highest BCUT2D eigenvalue weighted by atomic mass is 79.9. The van der Waals surface area contributed by atoms with Crippen LogP contribution in [0.3, 0.4) is 0 Å². The molecule has 2 amide bonds. The van der Waals surface area contributed by atoms with E-state index < -0.39 is 0 Å². The maximum Gasteiger partial charge on any atom is 0.319 e. The Morgan fingerprint density at radius 1 is 1.32 bits per heavy atom. The third kappa shape index (κ3) is 4.53. The van der Waals surface area contributed by atoms with Gasteiger partial charge in [0.15, 0.2) is 0 Å². The Hall–Kier alpha value is -1.03. The highest BCUT2D eigenvalue weighted by Gasteiger charge is 2.14. The average molecular weight is 325 g/mol. The van der Waals surface area contributed by atoms with Crippen molar-refractivity contribution in [3.05, 3.63) is 28.2 Å². The van der Waals surface area contributed by atoms with E-state index in [1.165, 1.54) is 32.1 Å². The second-order valence-corrected chi connectivity index (χ2v) is 6.16. The molecule has 4 heteroatoms. The van der Waals surface area contributed by atoms with Crippen molar-refractivity contribution < 1.29 is 4.79 Å². The van der Waals surface area contributed by atoms with Crippen LogP contribution >= 0.6 is 15.9 Å². The molecular formula is C15H21BrN2O. The van der Waals surface area contributed by atoms with Gasteiger partial charge in [-0.15, -0.1) is 0 Å². The van der Waals surface area contributed by atoms with E-state index in [1.54, 1.807) is 0 Å². The Bertz CT molecular complexity index is 442. The second-order valence-electron chi connectivity index (χ2n) is 5.30. The maximum atomic E-state index is 11.8. The largest absolute Gasteiger partial charge is 0.338 e. The first-order valence-electron chi connectivity index (χ1n) is 6.96. The van der Waals surface area contributed by atoms with Crippen molar-refractivity contribution in [1.29, 1.82) is 0 Å². The van der Waals surface area contributed by atoms with E-state index in [0.717, 1.165) is 22.3 Å². The van der Waals surface area contributed by atoms with E-state index in [2.05, 4.69) is 26.6 Å². The van der Waals surface area contributed by atoms with E-state index in [-0.39, 0.29) is 6.03 Å². The van der Waals surface area contributed by atoms with Gasteiger partial charge >= 0.3 is 6.03 Å². The molecule has 0 aromatic heterocycles. The number of nitrogens with one attached hydrogen (secondary N) is 2. The summed E-state index contributed by atoms with van der Waals surface area (Å²) < 4.78 is 1.06. The van der Waals surface area contributed by atoms with Crippen LogP contribution in [-0.4, -0.2) is 12.6 Å². The summed E-state index contributed by atoms with van der Waals surface area (Å²) in [5.74, 6) is 0.658. The van der Waals surface area contributed by atoms with Gasteiger partial charge in [0.1, 0.15) is 0 Å². The van der Waals surface area contributed by atoms with E-state index in [0.29, 0.717) is 5.92 Å². The zero-order valence-corrected chi connectivity index (χ0v) is 12.9. The Balaban J connectivity index is 1.78. The Kier molecular flexibility index (Phi) is 5.25. The molecule has 0 spiro atoms. The summed E-state index contributed by atoms with van der Waals surface area (Å²) >= 11 is 3.45. The molecule has 1 aromatic carbocycles. The second kappa shape index (κ2) is 6.94. The van der Waals surface area contributed by atoms with Gasteiger partial charge in [0.25, 0.3) is 0 Å². The van der Waals surface area contributed by atoms with Crippen molar-refractivity contribution >= 4 is 27.6 Å². The molecule has 2 rings (SSSR count). The Labute approximate surface area is 123 Å². The number of urea groups is 1. The van der Waals surface area contributed by atoms with Gasteiger partial charge in [-0.25, -0.2) is 4.79 Å². The van der Waals surface area contributed by atoms with Gasteiger partial charge in [0, 0.05) is 16.7 Å². The number of hydrogen-bond donors (Lipinski definition) is 2. The van der Waals surface area contributed by atoms with Crippen LogP contribution in [0.5, 0.6) is 0 Å². The fourth-order valence-electron chi connectivity index (χ4n) is 2.53. The summed E-state index contributed by atoms with van der Waals surface area (Å²) in [5.41, 5.74) is 1.95. The van der Waals surface area contributed by atoms with Crippen molar-refractivity contribution in [2.24, 2.45) is 5.92 Å². The third-order valence-electron chi connectivity index (χ3n) is 3.69. The molecule has 1 saturated carbocycles. The third-order valence-corrected chi connectivity index (χ3v) is 4.58. The number of hydrogen-bond acceptors (Lipinski definition) is 1. The smallest absolute Gasteiger partial charge is 0.319 e. The number of rotatable bonds is 3. The molecule has 1 aliphatic carbocycles. The minimum atomic E-state index is -0.104. The summed E-state index contributed by atoms with van der Waals surface area (Å²) in [4.78, 5) is 11.8. The molecular weight excluding hydrogens is 304 g/mol. The van der Waals surface area contributed by atoms with Crippen LogP contribution in [-0.2, 0) is 0 Å². The molecule has 0 heterocycles. The highest BCUT2D eigenvalue weighted by Crippen LogP contribution is 2.23. The Morgan fingerprint density at radius 3 is 2.74 bits per heavy atom. The monoisotopic (exact) mass is 324 g/mol. The molecule has 1 aromatic rings. The predicted molar refractivity (Wildman–Crippen MR) is 82.5 cm³/mol. The fourth-order valence-corrected chi connectivity index (χ4v) is 2.77. The first kappa shape index (κ1) is 14.4. The summed E-state index contributed by atoms with van der Waals surface area (Å²) in [5, 5.41) is 5.85. The lowest BCUT2D eigenvalue weighted by Gasteiger charge is -2.21. The molecule has 19 heavy (non-hydrogen) atoms. The van der Waals surface area contributed by atoms with Crippen LogP contribution in [0.15, 0.2) is 22.7 Å². The van der Waals surface area contributed by atoms with E-state index in [4.69, 9.17) is 0 Å². The molecule has 1 fully saturated rings. The van der Waals surface area contributed by atoms with Crippen LogP contribution in [0.2, 0.25) is 0 Å². The molecule has 3 nitrogen and oxygen atoms in total. The van der Waals surface area contributed by atoms with Gasteiger partial charge in [-0.2, -0.15) is 0 Å². The van der Waals surface area contributed by atoms with Crippen molar-refractivity contribution in [1.82, 2.24) is 5.32 Å². The SMILES string of the molecule is Cc1cc(NC(=O)NCC2CCCCC2)ccc1Br. The number of benzene rings is 1. The van der Waals surface area contributed by atoms with Gasteiger partial charge in [-0.1, -0.05) is 35.2 Å². The number of carbonyl (C=O) groups excluding carboxylic acids is 1. The summed E-state index contributed by atoms with van der Waals surface area (Å²) in [6.07, 6.45) is 6.45. The maximum absolute atomic E-state index is 11.8. The first-order chi connectivity index (χ1) is 9.15. The number of carbonyl (C=O) groups is 1. The van der Waals surface area contributed by atoms with E-state index >= 15 is 0 Å². The molecule has 0 radical (unpaired) electrons. The average Bonchev–Trinajstić information content (AvgIpc) is 2.42. The van der Waals surface area contributed by atoms with E-state index in [9.17, 15) is 4.79 Å². The molecule has 0 aliphatic heterocycles. The van der Waals surface area contributed by atoms with Gasteiger partial charge in [0.2, 0.25) is 0 Å². The quantitative estimate of drug-likeness (QED) is 0.846. The Morgan fingerprint density at radius 2 is 2.05 bits per heavy atom. The topological polar surface area (TPSA) is 41.1 Å². The minimum absolute atomic E-state index is 0.104. The molecule has 0 bridgehead atoms. The molecule has 2 N–H and O–H groups in total. The summed E-state index contributed by atoms with van der Waals surface area (Å²) in [7, 11) is 0. The normalized spacial score (nSPS) is 16.1. The van der Waals surface area contributed by atoms with Crippen molar-refractivity contribution in [3.8, 4) is 0 Å². The number of aryl methyl sites for hydroxylation is 1. The van der Waals surface area contributed by atoms with Crippen molar-refractivity contribution in [3.63, 3.8) is 0 Å². The summed E-state index contributed by atoms with van der Waals surface area (Å²) in [6, 6.07) is 5.71. The van der Waals surface area contributed by atoms with Crippen molar-refractivity contribution in [2.45, 2.75) is 39.0 Å². The first-order valence-corrected chi connectivity index (χ1v) is 7.75. The van der Waals surface area contributed by atoms with Crippen LogP contribution in [0.25, 0.3) is 0 Å². The molecule has 0 atom stereocenters. The van der Waals surface area contributed by atoms with Gasteiger partial charge in [-0.05, 0) is 49.4 Å². The van der Waals surface area contributed by atoms with Crippen molar-refractivity contribution in [2.75, 3.05) is 11.9 Å². The zero-order valence-electron chi connectivity index (χ0n) is 11.3. The summed E-state index contributed by atoms with van der Waals surface area (Å²) in [6.45, 7) is 2.80. The molecule has 104 valence electrons. The lowest BCUT2D eigenvalue weighted by Crippen LogP contribution is -2.33. The minimum Gasteiger partial charge on any atom is -0.338 e. The number of anilines is 1. The van der Waals surface area contributed by atoms with Crippen LogP contribution in [0, 0.1) is 12.8 Å². The molecule has 1 aliphatic rings. The van der Waals surface area contributed by atoms with Crippen LogP contribution in [0.4, 0.5) is 10.5 Å². The standard InChI is InChI=1S/C15H21BrN2O/c1-11-9-13(7-8-14(11)16)18-15(19)17-10-12-5-3-2-4-6-12/h7-9,12H,2-6,10H2,1H3,(H2,17,18,19). The predicted octanol–water partition coefficient (Wildman–Crippen LogP) is 4.46. The fraction of sp³-hybridized carbons (Fsp3) is 0.533. The zero-order chi connectivity index (χ0) is 13.7. The lowest BCUT2D eigenvalue weighted by atomic mass is 9.89. The molecule has 0 saturated heterocycles. The van der Waals surface area contributed by atoms with Gasteiger partial charge in [0.05, 0.1) is 0 Å². The number of amides is 2. The molecule has 0 unspecified atom stereocenters. The highest BCUT2D eigenvalue weighted by molar-refractivity contribution is 9.10. The number of halogens is 1. The van der Waals surface area contributed by atoms with Crippen LogP contribution < -0.4 is 10.6 Å². The van der Waals surface area contributed by atoms with Crippen LogP contribution in [0.1, 0.15) is 37.7 Å².